The SMILES string of the molecule is COC1CN(C(=O)OC(C)(C)C)CCC1Oc1ccc(OC(C)C)cn1. The zero-order chi connectivity index (χ0) is 19.3. The van der Waals surface area contributed by atoms with Crippen LogP contribution in [0.15, 0.2) is 18.3 Å². The van der Waals surface area contributed by atoms with Gasteiger partial charge in [-0.3, -0.25) is 0 Å². The summed E-state index contributed by atoms with van der Waals surface area (Å²) >= 11 is 0. The van der Waals surface area contributed by atoms with Crippen molar-refractivity contribution in [2.24, 2.45) is 0 Å². The Balaban J connectivity index is 1.94. The maximum Gasteiger partial charge on any atom is 0.410 e. The standard InChI is InChI=1S/C19H30N2O5/c1-13(2)24-14-7-8-17(20-11-14)25-15-9-10-21(12-16(15)23-6)18(22)26-19(3,4)5/h7-8,11,13,15-16H,9-10,12H2,1-6H3. The predicted molar refractivity (Wildman–Crippen MR) is 97.6 cm³/mol. The number of likely N-dealkylation sites (tertiary alicyclic amines) is 1. The molecule has 2 atom stereocenters. The van der Waals surface area contributed by atoms with Gasteiger partial charge >= 0.3 is 6.09 Å². The number of amides is 1. The molecule has 7 nitrogen and oxygen atoms in total. The first-order chi connectivity index (χ1) is 12.2. The summed E-state index contributed by atoms with van der Waals surface area (Å²) in [4.78, 5) is 18.2. The van der Waals surface area contributed by atoms with Crippen LogP contribution in [-0.2, 0) is 9.47 Å². The molecule has 1 aliphatic rings. The van der Waals surface area contributed by atoms with Crippen LogP contribution in [0.25, 0.3) is 0 Å². The predicted octanol–water partition coefficient (Wildman–Crippen LogP) is 3.27. The number of piperidine rings is 1. The van der Waals surface area contributed by atoms with Gasteiger partial charge in [-0.15, -0.1) is 0 Å². The second kappa shape index (κ2) is 8.58. The van der Waals surface area contributed by atoms with Crippen LogP contribution in [0.4, 0.5) is 4.79 Å². The van der Waals surface area contributed by atoms with E-state index < -0.39 is 5.60 Å². The zero-order valence-corrected chi connectivity index (χ0v) is 16.5. The molecule has 7 heteroatoms. The molecule has 1 aliphatic heterocycles. The molecule has 2 unspecified atom stereocenters. The Morgan fingerprint density at radius 2 is 2.00 bits per heavy atom. The lowest BCUT2D eigenvalue weighted by Crippen LogP contribution is -2.52. The van der Waals surface area contributed by atoms with Crippen LogP contribution in [0.5, 0.6) is 11.6 Å². The van der Waals surface area contributed by atoms with E-state index >= 15 is 0 Å². The number of methoxy groups -OCH3 is 1. The average Bonchev–Trinajstić information content (AvgIpc) is 2.55. The number of pyridine rings is 1. The fourth-order valence-corrected chi connectivity index (χ4v) is 2.68. The summed E-state index contributed by atoms with van der Waals surface area (Å²) in [5.74, 6) is 1.22. The lowest BCUT2D eigenvalue weighted by Gasteiger charge is -2.37. The van der Waals surface area contributed by atoms with Crippen LogP contribution in [0.3, 0.4) is 0 Å². The molecular formula is C19H30N2O5. The van der Waals surface area contributed by atoms with Gasteiger partial charge in [0, 0.05) is 26.1 Å². The highest BCUT2D eigenvalue weighted by Crippen LogP contribution is 2.23. The van der Waals surface area contributed by atoms with Gasteiger partial charge in [0.1, 0.15) is 23.6 Å². The average molecular weight is 366 g/mol. The maximum atomic E-state index is 12.2. The highest BCUT2D eigenvalue weighted by molar-refractivity contribution is 5.68. The van der Waals surface area contributed by atoms with E-state index in [0.29, 0.717) is 31.1 Å². The minimum Gasteiger partial charge on any atom is -0.489 e. The fourth-order valence-electron chi connectivity index (χ4n) is 2.68. The molecule has 0 bridgehead atoms. The zero-order valence-electron chi connectivity index (χ0n) is 16.5. The third kappa shape index (κ3) is 6.05. The first kappa shape index (κ1) is 20.3. The van der Waals surface area contributed by atoms with Crippen LogP contribution in [0.1, 0.15) is 41.0 Å². The number of hydrogen-bond donors (Lipinski definition) is 0. The molecule has 1 fully saturated rings. The van der Waals surface area contributed by atoms with Crippen LogP contribution in [0.2, 0.25) is 0 Å². The van der Waals surface area contributed by atoms with Gasteiger partial charge in [0.15, 0.2) is 0 Å². The van der Waals surface area contributed by atoms with E-state index in [0.717, 1.165) is 0 Å². The molecule has 0 N–H and O–H groups in total. The topological polar surface area (TPSA) is 70.1 Å². The van der Waals surface area contributed by atoms with Gasteiger partial charge in [0.05, 0.1) is 18.8 Å². The molecule has 0 aromatic carbocycles. The van der Waals surface area contributed by atoms with Crippen LogP contribution < -0.4 is 9.47 Å². The van der Waals surface area contributed by atoms with E-state index in [1.807, 2.05) is 40.7 Å². The van der Waals surface area contributed by atoms with Crippen molar-refractivity contribution < 1.29 is 23.7 Å². The molecule has 2 heterocycles. The van der Waals surface area contributed by atoms with E-state index in [2.05, 4.69) is 4.98 Å². The van der Waals surface area contributed by atoms with Gasteiger partial charge in [-0.2, -0.15) is 0 Å². The fraction of sp³-hybridized carbons (Fsp3) is 0.684. The van der Waals surface area contributed by atoms with Gasteiger partial charge in [-0.25, -0.2) is 9.78 Å². The first-order valence-corrected chi connectivity index (χ1v) is 8.98. The Morgan fingerprint density at radius 1 is 1.27 bits per heavy atom. The highest BCUT2D eigenvalue weighted by Gasteiger charge is 2.35. The van der Waals surface area contributed by atoms with E-state index in [1.165, 1.54) is 0 Å². The molecule has 1 aromatic heterocycles. The number of hydrogen-bond acceptors (Lipinski definition) is 6. The van der Waals surface area contributed by atoms with Gasteiger partial charge < -0.3 is 23.8 Å². The molecule has 1 saturated heterocycles. The maximum absolute atomic E-state index is 12.2. The van der Waals surface area contributed by atoms with Crippen molar-refractivity contribution in [3.63, 3.8) is 0 Å². The van der Waals surface area contributed by atoms with Crippen molar-refractivity contribution in [1.29, 1.82) is 0 Å². The number of aromatic nitrogens is 1. The molecule has 146 valence electrons. The summed E-state index contributed by atoms with van der Waals surface area (Å²) in [5.41, 5.74) is -0.517. The Bertz CT molecular complexity index is 583. The Labute approximate surface area is 155 Å². The minimum absolute atomic E-state index is 0.0959. The van der Waals surface area contributed by atoms with E-state index in [9.17, 15) is 4.79 Å². The molecular weight excluding hydrogens is 336 g/mol. The van der Waals surface area contributed by atoms with Crippen molar-refractivity contribution in [2.75, 3.05) is 20.2 Å². The summed E-state index contributed by atoms with van der Waals surface area (Å²) < 4.78 is 22.5. The van der Waals surface area contributed by atoms with Gasteiger partial charge in [-0.05, 0) is 40.7 Å². The largest absolute Gasteiger partial charge is 0.489 e. The molecule has 26 heavy (non-hydrogen) atoms. The van der Waals surface area contributed by atoms with Crippen LogP contribution in [-0.4, -0.2) is 60.1 Å². The third-order valence-corrected chi connectivity index (χ3v) is 3.81. The van der Waals surface area contributed by atoms with Crippen LogP contribution in [0, 0.1) is 0 Å². The van der Waals surface area contributed by atoms with Gasteiger partial charge in [0.25, 0.3) is 0 Å². The molecule has 1 amide bonds. The number of rotatable bonds is 5. The number of nitrogens with zero attached hydrogens (tertiary/aromatic N) is 2. The van der Waals surface area contributed by atoms with E-state index in [1.54, 1.807) is 24.3 Å². The molecule has 0 spiro atoms. The van der Waals surface area contributed by atoms with Crippen molar-refractivity contribution in [2.45, 2.75) is 65.0 Å². The molecule has 0 radical (unpaired) electrons. The lowest BCUT2D eigenvalue weighted by atomic mass is 10.0. The van der Waals surface area contributed by atoms with E-state index in [4.69, 9.17) is 18.9 Å². The number of ether oxygens (including phenoxy) is 4. The second-order valence-electron chi connectivity index (χ2n) is 7.64. The smallest absolute Gasteiger partial charge is 0.410 e. The number of carbonyl (C=O) groups is 1. The summed E-state index contributed by atoms with van der Waals surface area (Å²) in [7, 11) is 1.62. The van der Waals surface area contributed by atoms with Crippen LogP contribution >= 0.6 is 0 Å². The lowest BCUT2D eigenvalue weighted by molar-refractivity contribution is -0.0564. The second-order valence-corrected chi connectivity index (χ2v) is 7.64. The summed E-state index contributed by atoms with van der Waals surface area (Å²) in [5, 5.41) is 0. The Hall–Kier alpha value is -2.02. The van der Waals surface area contributed by atoms with Crippen molar-refractivity contribution in [1.82, 2.24) is 9.88 Å². The van der Waals surface area contributed by atoms with Gasteiger partial charge in [-0.1, -0.05) is 0 Å². The number of carbonyl (C=O) groups excluding carboxylic acids is 1. The summed E-state index contributed by atoms with van der Waals surface area (Å²) in [6.07, 6.45) is 1.63. The van der Waals surface area contributed by atoms with Crippen molar-refractivity contribution in [3.8, 4) is 11.6 Å². The summed E-state index contributed by atoms with van der Waals surface area (Å²) in [6.45, 7) is 10.5. The highest BCUT2D eigenvalue weighted by atomic mass is 16.6. The van der Waals surface area contributed by atoms with Crippen molar-refractivity contribution in [3.05, 3.63) is 18.3 Å². The van der Waals surface area contributed by atoms with E-state index in [-0.39, 0.29) is 24.4 Å². The minimum atomic E-state index is -0.517. The third-order valence-electron chi connectivity index (χ3n) is 3.81. The van der Waals surface area contributed by atoms with Gasteiger partial charge in [0.2, 0.25) is 5.88 Å². The Morgan fingerprint density at radius 3 is 2.54 bits per heavy atom. The molecule has 1 aromatic rings. The molecule has 0 aliphatic carbocycles. The summed E-state index contributed by atoms with van der Waals surface area (Å²) in [6, 6.07) is 3.62. The van der Waals surface area contributed by atoms with Crippen molar-refractivity contribution >= 4 is 6.09 Å². The molecule has 2 rings (SSSR count). The molecule has 0 saturated carbocycles. The quantitative estimate of drug-likeness (QED) is 0.796. The first-order valence-electron chi connectivity index (χ1n) is 8.98. The Kier molecular flexibility index (Phi) is 6.69. The normalized spacial score (nSPS) is 20.8. The monoisotopic (exact) mass is 366 g/mol.